The Bertz CT molecular complexity index is 824. The Balaban J connectivity index is 1.53. The first-order valence-corrected chi connectivity index (χ1v) is 8.37. The Morgan fingerprint density at radius 2 is 1.75 bits per heavy atom. The molecule has 0 saturated heterocycles. The molecule has 0 bridgehead atoms. The van der Waals surface area contributed by atoms with Crippen LogP contribution in [0.2, 0.25) is 0 Å². The monoisotopic (exact) mass is 324 g/mol. The SMILES string of the molecule is COc1ccccc1OCCCCn1cnc2cc(C)c(C)cc21. The lowest BCUT2D eigenvalue weighted by Crippen LogP contribution is -2.02. The zero-order valence-electron chi connectivity index (χ0n) is 14.6. The predicted molar refractivity (Wildman–Crippen MR) is 96.9 cm³/mol. The highest BCUT2D eigenvalue weighted by atomic mass is 16.5. The Morgan fingerprint density at radius 1 is 1.00 bits per heavy atom. The fourth-order valence-electron chi connectivity index (χ4n) is 2.80. The van der Waals surface area contributed by atoms with Crippen LogP contribution in [0.25, 0.3) is 11.0 Å². The summed E-state index contributed by atoms with van der Waals surface area (Å²) < 4.78 is 13.3. The Hall–Kier alpha value is -2.49. The number of para-hydroxylation sites is 2. The number of rotatable bonds is 7. The lowest BCUT2D eigenvalue weighted by molar-refractivity contribution is 0.284. The van der Waals surface area contributed by atoms with Crippen LogP contribution in [-0.2, 0) is 6.54 Å². The summed E-state index contributed by atoms with van der Waals surface area (Å²) in [6.07, 6.45) is 3.97. The molecule has 4 heteroatoms. The van der Waals surface area contributed by atoms with Gasteiger partial charge in [0.25, 0.3) is 0 Å². The second kappa shape index (κ2) is 7.39. The van der Waals surface area contributed by atoms with Gasteiger partial charge in [0.15, 0.2) is 11.5 Å². The van der Waals surface area contributed by atoms with Crippen molar-refractivity contribution in [1.29, 1.82) is 0 Å². The molecule has 0 amide bonds. The topological polar surface area (TPSA) is 36.3 Å². The van der Waals surface area contributed by atoms with E-state index in [0.29, 0.717) is 6.61 Å². The molecule has 1 aromatic heterocycles. The van der Waals surface area contributed by atoms with E-state index >= 15 is 0 Å². The van der Waals surface area contributed by atoms with E-state index in [2.05, 4.69) is 35.5 Å². The van der Waals surface area contributed by atoms with E-state index in [1.807, 2.05) is 30.6 Å². The lowest BCUT2D eigenvalue weighted by Gasteiger charge is -2.10. The van der Waals surface area contributed by atoms with Gasteiger partial charge in [0.05, 0.1) is 31.1 Å². The molecule has 3 rings (SSSR count). The van der Waals surface area contributed by atoms with E-state index in [-0.39, 0.29) is 0 Å². The number of imidazole rings is 1. The van der Waals surface area contributed by atoms with Gasteiger partial charge in [0.1, 0.15) is 0 Å². The summed E-state index contributed by atoms with van der Waals surface area (Å²) in [4.78, 5) is 4.50. The molecule has 0 aliphatic carbocycles. The van der Waals surface area contributed by atoms with Crippen LogP contribution in [-0.4, -0.2) is 23.3 Å². The number of hydrogen-bond acceptors (Lipinski definition) is 3. The third-order valence-corrected chi connectivity index (χ3v) is 4.36. The van der Waals surface area contributed by atoms with Crippen molar-refractivity contribution in [3.63, 3.8) is 0 Å². The smallest absolute Gasteiger partial charge is 0.161 e. The first-order chi connectivity index (χ1) is 11.7. The summed E-state index contributed by atoms with van der Waals surface area (Å²) >= 11 is 0. The van der Waals surface area contributed by atoms with Gasteiger partial charge in [0.2, 0.25) is 0 Å². The molecule has 0 aliphatic heterocycles. The molecule has 0 atom stereocenters. The summed E-state index contributed by atoms with van der Waals surface area (Å²) in [5, 5.41) is 0. The normalized spacial score (nSPS) is 11.0. The maximum atomic E-state index is 5.82. The molecule has 0 fully saturated rings. The molecule has 0 N–H and O–H groups in total. The Labute approximate surface area is 143 Å². The fraction of sp³-hybridized carbons (Fsp3) is 0.350. The van der Waals surface area contributed by atoms with Crippen LogP contribution >= 0.6 is 0 Å². The maximum Gasteiger partial charge on any atom is 0.161 e. The van der Waals surface area contributed by atoms with Crippen LogP contribution in [0.5, 0.6) is 11.5 Å². The van der Waals surface area contributed by atoms with Crippen LogP contribution in [0.4, 0.5) is 0 Å². The lowest BCUT2D eigenvalue weighted by atomic mass is 10.1. The molecule has 3 aromatic rings. The van der Waals surface area contributed by atoms with Gasteiger partial charge in [-0.05, 0) is 62.1 Å². The molecule has 0 spiro atoms. The number of methoxy groups -OCH3 is 1. The highest BCUT2D eigenvalue weighted by molar-refractivity contribution is 5.77. The van der Waals surface area contributed by atoms with E-state index in [4.69, 9.17) is 9.47 Å². The van der Waals surface area contributed by atoms with Crippen LogP contribution in [0, 0.1) is 13.8 Å². The van der Waals surface area contributed by atoms with Crippen LogP contribution in [0.3, 0.4) is 0 Å². The fourth-order valence-corrected chi connectivity index (χ4v) is 2.80. The molecule has 4 nitrogen and oxygen atoms in total. The summed E-state index contributed by atoms with van der Waals surface area (Å²) in [5.74, 6) is 1.59. The summed E-state index contributed by atoms with van der Waals surface area (Å²) in [7, 11) is 1.66. The molecule has 1 heterocycles. The summed E-state index contributed by atoms with van der Waals surface area (Å²) in [6, 6.07) is 12.1. The third kappa shape index (κ3) is 3.53. The van der Waals surface area contributed by atoms with Gasteiger partial charge in [-0.25, -0.2) is 4.98 Å². The number of ether oxygens (including phenoxy) is 2. The number of aromatic nitrogens is 2. The quantitative estimate of drug-likeness (QED) is 0.599. The first kappa shape index (κ1) is 16.4. The molecule has 0 unspecified atom stereocenters. The summed E-state index contributed by atoms with van der Waals surface area (Å²) in [6.45, 7) is 5.91. The number of fused-ring (bicyclic) bond motifs is 1. The molecule has 0 radical (unpaired) electrons. The first-order valence-electron chi connectivity index (χ1n) is 8.37. The second-order valence-electron chi connectivity index (χ2n) is 6.07. The minimum absolute atomic E-state index is 0.686. The number of aryl methyl sites for hydroxylation is 3. The molecule has 2 aromatic carbocycles. The zero-order chi connectivity index (χ0) is 16.9. The molecular formula is C20H24N2O2. The van der Waals surface area contributed by atoms with Crippen molar-refractivity contribution < 1.29 is 9.47 Å². The van der Waals surface area contributed by atoms with E-state index in [1.54, 1.807) is 7.11 Å². The van der Waals surface area contributed by atoms with Crippen molar-refractivity contribution in [3.05, 3.63) is 53.9 Å². The highest BCUT2D eigenvalue weighted by Gasteiger charge is 2.05. The van der Waals surface area contributed by atoms with Gasteiger partial charge in [0, 0.05) is 6.54 Å². The van der Waals surface area contributed by atoms with Gasteiger partial charge in [-0.2, -0.15) is 0 Å². The van der Waals surface area contributed by atoms with Gasteiger partial charge in [-0.3, -0.25) is 0 Å². The van der Waals surface area contributed by atoms with Gasteiger partial charge >= 0.3 is 0 Å². The largest absolute Gasteiger partial charge is 0.493 e. The Morgan fingerprint density at radius 3 is 2.54 bits per heavy atom. The molecule has 0 saturated carbocycles. The number of unbranched alkanes of at least 4 members (excludes halogenated alkanes) is 1. The van der Waals surface area contributed by atoms with Crippen LogP contribution in [0.1, 0.15) is 24.0 Å². The van der Waals surface area contributed by atoms with Crippen molar-refractivity contribution in [3.8, 4) is 11.5 Å². The summed E-state index contributed by atoms with van der Waals surface area (Å²) in [5.41, 5.74) is 4.88. The predicted octanol–water partition coefficient (Wildman–Crippen LogP) is 4.52. The van der Waals surface area contributed by atoms with E-state index < -0.39 is 0 Å². The molecule has 24 heavy (non-hydrogen) atoms. The average molecular weight is 324 g/mol. The molecular weight excluding hydrogens is 300 g/mol. The zero-order valence-corrected chi connectivity index (χ0v) is 14.6. The Kier molecular flexibility index (Phi) is 5.04. The number of nitrogens with zero attached hydrogens (tertiary/aromatic N) is 2. The van der Waals surface area contributed by atoms with Crippen LogP contribution in [0.15, 0.2) is 42.7 Å². The second-order valence-corrected chi connectivity index (χ2v) is 6.07. The van der Waals surface area contributed by atoms with E-state index in [0.717, 1.165) is 36.4 Å². The van der Waals surface area contributed by atoms with E-state index in [1.165, 1.54) is 16.6 Å². The highest BCUT2D eigenvalue weighted by Crippen LogP contribution is 2.26. The molecule has 0 aliphatic rings. The van der Waals surface area contributed by atoms with Crippen molar-refractivity contribution in [1.82, 2.24) is 9.55 Å². The standard InChI is InChI=1S/C20H24N2O2/c1-15-12-17-18(13-16(15)2)22(14-21-17)10-6-7-11-24-20-9-5-4-8-19(20)23-3/h4-5,8-9,12-14H,6-7,10-11H2,1-3H3. The van der Waals surface area contributed by atoms with Crippen molar-refractivity contribution >= 4 is 11.0 Å². The number of hydrogen-bond donors (Lipinski definition) is 0. The minimum atomic E-state index is 0.686. The minimum Gasteiger partial charge on any atom is -0.493 e. The van der Waals surface area contributed by atoms with Crippen LogP contribution < -0.4 is 9.47 Å². The van der Waals surface area contributed by atoms with Gasteiger partial charge in [-0.15, -0.1) is 0 Å². The number of benzene rings is 2. The third-order valence-electron chi connectivity index (χ3n) is 4.36. The van der Waals surface area contributed by atoms with Crippen molar-refractivity contribution in [2.45, 2.75) is 33.2 Å². The average Bonchev–Trinajstić information content (AvgIpc) is 2.97. The van der Waals surface area contributed by atoms with Crippen molar-refractivity contribution in [2.24, 2.45) is 0 Å². The maximum absolute atomic E-state index is 5.82. The molecule has 126 valence electrons. The van der Waals surface area contributed by atoms with E-state index in [9.17, 15) is 0 Å². The van der Waals surface area contributed by atoms with Gasteiger partial charge in [-0.1, -0.05) is 12.1 Å². The van der Waals surface area contributed by atoms with Crippen molar-refractivity contribution in [2.75, 3.05) is 13.7 Å². The van der Waals surface area contributed by atoms with Gasteiger partial charge < -0.3 is 14.0 Å².